The van der Waals surface area contributed by atoms with Crippen LogP contribution < -0.4 is 11.1 Å². The third-order valence-electron chi connectivity index (χ3n) is 2.36. The fourth-order valence-electron chi connectivity index (χ4n) is 1.00. The van der Waals surface area contributed by atoms with Crippen LogP contribution in [0, 0.1) is 0 Å². The highest BCUT2D eigenvalue weighted by molar-refractivity contribution is 7.09. The quantitative estimate of drug-likeness (QED) is 0.755. The first kappa shape index (κ1) is 10.4. The molecule has 1 heterocycles. The average molecular weight is 200 g/mol. The minimum absolute atomic E-state index is 0.119. The molecule has 1 rings (SSSR count). The SMILES string of the molecule is CCC(N)(CC)CNc1ncns1. The number of anilines is 1. The zero-order valence-electron chi connectivity index (χ0n) is 8.08. The molecule has 0 radical (unpaired) electrons. The van der Waals surface area contributed by atoms with E-state index in [9.17, 15) is 0 Å². The van der Waals surface area contributed by atoms with Crippen molar-refractivity contribution in [1.82, 2.24) is 9.36 Å². The molecule has 0 aliphatic heterocycles. The molecule has 0 bridgehead atoms. The molecule has 0 aliphatic rings. The lowest BCUT2D eigenvalue weighted by Crippen LogP contribution is -2.45. The van der Waals surface area contributed by atoms with E-state index in [-0.39, 0.29) is 5.54 Å². The first-order chi connectivity index (χ1) is 6.20. The minimum Gasteiger partial charge on any atom is -0.358 e. The van der Waals surface area contributed by atoms with Crippen LogP contribution in [0.5, 0.6) is 0 Å². The summed E-state index contributed by atoms with van der Waals surface area (Å²) >= 11 is 1.36. The topological polar surface area (TPSA) is 63.8 Å². The number of hydrogen-bond donors (Lipinski definition) is 2. The third kappa shape index (κ3) is 2.93. The molecule has 4 nitrogen and oxygen atoms in total. The van der Waals surface area contributed by atoms with Gasteiger partial charge >= 0.3 is 0 Å². The highest BCUT2D eigenvalue weighted by Gasteiger charge is 2.19. The zero-order chi connectivity index (χ0) is 9.73. The van der Waals surface area contributed by atoms with Crippen LogP contribution in [0.15, 0.2) is 6.33 Å². The van der Waals surface area contributed by atoms with Crippen molar-refractivity contribution in [2.45, 2.75) is 32.2 Å². The first-order valence-corrected chi connectivity index (χ1v) is 5.27. The summed E-state index contributed by atoms with van der Waals surface area (Å²) in [6.07, 6.45) is 3.48. The normalized spacial score (nSPS) is 11.6. The van der Waals surface area contributed by atoms with Gasteiger partial charge in [-0.3, -0.25) is 0 Å². The van der Waals surface area contributed by atoms with Gasteiger partial charge in [-0.05, 0) is 12.8 Å². The summed E-state index contributed by atoms with van der Waals surface area (Å²) in [6.45, 7) is 4.96. The summed E-state index contributed by atoms with van der Waals surface area (Å²) in [5.74, 6) is 0. The molecule has 0 fully saturated rings. The molecule has 5 heteroatoms. The van der Waals surface area contributed by atoms with Crippen LogP contribution in [-0.4, -0.2) is 21.4 Å². The maximum atomic E-state index is 6.11. The Hall–Kier alpha value is -0.680. The van der Waals surface area contributed by atoms with E-state index in [1.807, 2.05) is 0 Å². The highest BCUT2D eigenvalue weighted by atomic mass is 32.1. The maximum Gasteiger partial charge on any atom is 0.202 e. The number of rotatable bonds is 5. The van der Waals surface area contributed by atoms with Gasteiger partial charge in [-0.15, -0.1) is 0 Å². The Morgan fingerprint density at radius 3 is 2.69 bits per heavy atom. The second-order valence-electron chi connectivity index (χ2n) is 3.17. The molecule has 0 saturated carbocycles. The van der Waals surface area contributed by atoms with Gasteiger partial charge in [0.05, 0.1) is 0 Å². The van der Waals surface area contributed by atoms with Crippen molar-refractivity contribution >= 4 is 16.7 Å². The smallest absolute Gasteiger partial charge is 0.202 e. The number of nitrogens with zero attached hydrogens (tertiary/aromatic N) is 2. The van der Waals surface area contributed by atoms with E-state index in [0.29, 0.717) is 0 Å². The Kier molecular flexibility index (Phi) is 3.62. The second kappa shape index (κ2) is 4.53. The standard InChI is InChI=1S/C8H16N4S/c1-3-8(9,4-2)5-10-7-11-6-12-13-7/h6H,3-5,9H2,1-2H3,(H,10,11,12). The highest BCUT2D eigenvalue weighted by Crippen LogP contribution is 2.13. The molecule has 0 saturated heterocycles. The van der Waals surface area contributed by atoms with Crippen LogP contribution in [0.4, 0.5) is 5.13 Å². The Labute approximate surface area is 82.7 Å². The molecule has 1 aromatic rings. The summed E-state index contributed by atoms with van der Waals surface area (Å²) in [4.78, 5) is 4.03. The third-order valence-corrected chi connectivity index (χ3v) is 2.98. The van der Waals surface area contributed by atoms with E-state index >= 15 is 0 Å². The predicted octanol–water partition coefficient (Wildman–Crippen LogP) is 1.47. The van der Waals surface area contributed by atoms with Crippen molar-refractivity contribution in [1.29, 1.82) is 0 Å². The van der Waals surface area contributed by atoms with Crippen LogP contribution in [0.25, 0.3) is 0 Å². The van der Waals surface area contributed by atoms with Crippen molar-refractivity contribution in [2.75, 3.05) is 11.9 Å². The summed E-state index contributed by atoms with van der Waals surface area (Å²) in [6, 6.07) is 0. The number of hydrogen-bond acceptors (Lipinski definition) is 5. The van der Waals surface area contributed by atoms with Gasteiger partial charge in [0.2, 0.25) is 5.13 Å². The van der Waals surface area contributed by atoms with Gasteiger partial charge in [0.25, 0.3) is 0 Å². The molecule has 0 amide bonds. The molecule has 0 unspecified atom stereocenters. The van der Waals surface area contributed by atoms with E-state index in [4.69, 9.17) is 5.73 Å². The van der Waals surface area contributed by atoms with E-state index in [1.165, 1.54) is 11.5 Å². The first-order valence-electron chi connectivity index (χ1n) is 4.49. The van der Waals surface area contributed by atoms with Gasteiger partial charge in [0.15, 0.2) is 0 Å². The Bertz CT molecular complexity index is 230. The van der Waals surface area contributed by atoms with Crippen molar-refractivity contribution < 1.29 is 0 Å². The summed E-state index contributed by atoms with van der Waals surface area (Å²) in [5, 5.41) is 4.03. The fourth-order valence-corrected chi connectivity index (χ4v) is 1.43. The van der Waals surface area contributed by atoms with Gasteiger partial charge in [0, 0.05) is 23.6 Å². The lowest BCUT2D eigenvalue weighted by Gasteiger charge is -2.26. The van der Waals surface area contributed by atoms with Crippen LogP contribution >= 0.6 is 11.5 Å². The summed E-state index contributed by atoms with van der Waals surface area (Å²) < 4.78 is 3.90. The van der Waals surface area contributed by atoms with E-state index in [2.05, 4.69) is 28.5 Å². The van der Waals surface area contributed by atoms with E-state index in [0.717, 1.165) is 24.5 Å². The molecule has 0 atom stereocenters. The van der Waals surface area contributed by atoms with Crippen LogP contribution in [0.2, 0.25) is 0 Å². The lowest BCUT2D eigenvalue weighted by molar-refractivity contribution is 0.418. The minimum atomic E-state index is -0.119. The van der Waals surface area contributed by atoms with E-state index < -0.39 is 0 Å². The van der Waals surface area contributed by atoms with Crippen LogP contribution in [-0.2, 0) is 0 Å². The largest absolute Gasteiger partial charge is 0.358 e. The number of aromatic nitrogens is 2. The van der Waals surface area contributed by atoms with Gasteiger partial charge in [-0.2, -0.15) is 4.37 Å². The number of nitrogens with one attached hydrogen (secondary N) is 1. The molecule has 13 heavy (non-hydrogen) atoms. The summed E-state index contributed by atoms with van der Waals surface area (Å²) in [7, 11) is 0. The van der Waals surface area contributed by atoms with Gasteiger partial charge in [0.1, 0.15) is 6.33 Å². The molecule has 1 aromatic heterocycles. The van der Waals surface area contributed by atoms with Crippen molar-refractivity contribution in [3.63, 3.8) is 0 Å². The van der Waals surface area contributed by atoms with Crippen molar-refractivity contribution in [3.05, 3.63) is 6.33 Å². The number of nitrogens with two attached hydrogens (primary N) is 1. The molecular weight excluding hydrogens is 184 g/mol. The van der Waals surface area contributed by atoms with Crippen molar-refractivity contribution in [3.8, 4) is 0 Å². The fraction of sp³-hybridized carbons (Fsp3) is 0.750. The Morgan fingerprint density at radius 1 is 1.54 bits per heavy atom. The Morgan fingerprint density at radius 2 is 2.23 bits per heavy atom. The van der Waals surface area contributed by atoms with Crippen LogP contribution in [0.1, 0.15) is 26.7 Å². The van der Waals surface area contributed by atoms with E-state index in [1.54, 1.807) is 6.33 Å². The molecule has 0 aliphatic carbocycles. The van der Waals surface area contributed by atoms with Gasteiger partial charge in [-0.25, -0.2) is 4.98 Å². The van der Waals surface area contributed by atoms with Crippen molar-refractivity contribution in [2.24, 2.45) is 5.73 Å². The molecule has 0 aromatic carbocycles. The second-order valence-corrected chi connectivity index (χ2v) is 3.95. The van der Waals surface area contributed by atoms with Gasteiger partial charge < -0.3 is 11.1 Å². The maximum absolute atomic E-state index is 6.11. The monoisotopic (exact) mass is 200 g/mol. The molecule has 3 N–H and O–H groups in total. The molecule has 0 spiro atoms. The molecular formula is C8H16N4S. The van der Waals surface area contributed by atoms with Crippen LogP contribution in [0.3, 0.4) is 0 Å². The predicted molar refractivity (Wildman–Crippen MR) is 55.9 cm³/mol. The lowest BCUT2D eigenvalue weighted by atomic mass is 9.94. The molecule has 74 valence electrons. The Balaban J connectivity index is 2.41. The van der Waals surface area contributed by atoms with Gasteiger partial charge in [-0.1, -0.05) is 13.8 Å². The average Bonchev–Trinajstić information content (AvgIpc) is 2.67. The summed E-state index contributed by atoms with van der Waals surface area (Å²) in [5.41, 5.74) is 5.99. The zero-order valence-corrected chi connectivity index (χ0v) is 8.90.